The van der Waals surface area contributed by atoms with Gasteiger partial charge in [0.2, 0.25) is 0 Å². The molecule has 1 N–H and O–H groups in total. The molecule has 0 bridgehead atoms. The van der Waals surface area contributed by atoms with Gasteiger partial charge in [-0.2, -0.15) is 10.4 Å². The van der Waals surface area contributed by atoms with Gasteiger partial charge in [-0.15, -0.1) is 0 Å². The van der Waals surface area contributed by atoms with Crippen molar-refractivity contribution in [3.05, 3.63) is 75.6 Å². The van der Waals surface area contributed by atoms with E-state index in [0.29, 0.717) is 35.3 Å². The number of rotatable bonds is 3. The van der Waals surface area contributed by atoms with E-state index < -0.39 is 0 Å². The Hall–Kier alpha value is -3.10. The van der Waals surface area contributed by atoms with Crippen LogP contribution in [0.5, 0.6) is 0 Å². The molecule has 4 rings (SSSR count). The molecule has 6 heteroatoms. The summed E-state index contributed by atoms with van der Waals surface area (Å²) in [4.78, 5) is 14.9. The van der Waals surface area contributed by atoms with E-state index in [1.807, 2.05) is 55.1 Å². The van der Waals surface area contributed by atoms with E-state index >= 15 is 0 Å². The maximum absolute atomic E-state index is 13.1. The van der Waals surface area contributed by atoms with Crippen molar-refractivity contribution < 1.29 is 4.79 Å². The molecule has 1 fully saturated rings. The highest BCUT2D eigenvalue weighted by Gasteiger charge is 2.33. The van der Waals surface area contributed by atoms with Gasteiger partial charge in [0, 0.05) is 30.1 Å². The third-order valence-corrected chi connectivity index (χ3v) is 5.65. The van der Waals surface area contributed by atoms with Crippen LogP contribution in [0.4, 0.5) is 0 Å². The number of benzene rings is 2. The lowest BCUT2D eigenvalue weighted by atomic mass is 9.89. The number of nitrogens with one attached hydrogen (secondary N) is 1. The zero-order valence-corrected chi connectivity index (χ0v) is 16.4. The van der Waals surface area contributed by atoms with Crippen LogP contribution in [0.3, 0.4) is 0 Å². The number of amides is 1. The van der Waals surface area contributed by atoms with Crippen molar-refractivity contribution in [1.82, 2.24) is 15.1 Å². The molecule has 1 aliphatic rings. The number of likely N-dealkylation sites (tertiary alicyclic amines) is 1. The van der Waals surface area contributed by atoms with Gasteiger partial charge in [-0.3, -0.25) is 9.89 Å². The van der Waals surface area contributed by atoms with Crippen LogP contribution in [0.2, 0.25) is 5.15 Å². The average Bonchev–Trinajstić information content (AvgIpc) is 3.07. The van der Waals surface area contributed by atoms with Gasteiger partial charge in [0.05, 0.1) is 17.8 Å². The molecule has 5 nitrogen and oxygen atoms in total. The molecule has 1 aromatic heterocycles. The maximum Gasteiger partial charge on any atom is 0.254 e. The fraction of sp³-hybridized carbons (Fsp3) is 0.227. The molecule has 0 radical (unpaired) electrons. The van der Waals surface area contributed by atoms with Gasteiger partial charge in [-0.25, -0.2) is 0 Å². The Kier molecular flexibility index (Phi) is 4.66. The molecular weight excluding hydrogens is 372 g/mol. The van der Waals surface area contributed by atoms with E-state index in [4.69, 9.17) is 16.9 Å². The molecule has 0 saturated carbocycles. The van der Waals surface area contributed by atoms with Crippen LogP contribution in [0.15, 0.2) is 42.6 Å². The Balaban J connectivity index is 1.54. The number of nitriles is 1. The molecule has 0 aliphatic carbocycles. The van der Waals surface area contributed by atoms with Crippen LogP contribution in [0, 0.1) is 25.2 Å². The van der Waals surface area contributed by atoms with Gasteiger partial charge in [0.25, 0.3) is 5.91 Å². The molecule has 0 unspecified atom stereocenters. The van der Waals surface area contributed by atoms with E-state index in [0.717, 1.165) is 27.8 Å². The highest BCUT2D eigenvalue weighted by Crippen LogP contribution is 2.33. The van der Waals surface area contributed by atoms with Crippen molar-refractivity contribution in [2.24, 2.45) is 0 Å². The summed E-state index contributed by atoms with van der Waals surface area (Å²) < 4.78 is 0. The van der Waals surface area contributed by atoms with E-state index in [1.165, 1.54) is 0 Å². The minimum absolute atomic E-state index is 0.0308. The molecule has 140 valence electrons. The van der Waals surface area contributed by atoms with Crippen molar-refractivity contribution in [3.63, 3.8) is 0 Å². The molecule has 28 heavy (non-hydrogen) atoms. The van der Waals surface area contributed by atoms with Crippen molar-refractivity contribution in [1.29, 1.82) is 5.26 Å². The zero-order chi connectivity index (χ0) is 19.8. The number of aryl methyl sites for hydroxylation is 2. The molecule has 2 aromatic carbocycles. The second-order valence-corrected chi connectivity index (χ2v) is 7.60. The lowest BCUT2D eigenvalue weighted by Crippen LogP contribution is -2.48. The Morgan fingerprint density at radius 2 is 1.89 bits per heavy atom. The lowest BCUT2D eigenvalue weighted by Gasteiger charge is -2.40. The third-order valence-electron chi connectivity index (χ3n) is 5.36. The minimum atomic E-state index is 0.0308. The molecule has 1 aliphatic heterocycles. The Labute approximate surface area is 168 Å². The van der Waals surface area contributed by atoms with Crippen LogP contribution in [-0.4, -0.2) is 34.1 Å². The molecule has 1 saturated heterocycles. The number of H-pyrrole nitrogens is 1. The Bertz CT molecular complexity index is 1090. The molecule has 0 atom stereocenters. The number of aromatic amines is 1. The van der Waals surface area contributed by atoms with E-state index in [2.05, 4.69) is 16.3 Å². The number of carbonyl (C=O) groups is 1. The van der Waals surface area contributed by atoms with Crippen LogP contribution in [0.1, 0.15) is 38.5 Å². The number of aromatic nitrogens is 2. The fourth-order valence-electron chi connectivity index (χ4n) is 3.69. The van der Waals surface area contributed by atoms with E-state index in [9.17, 15) is 4.79 Å². The summed E-state index contributed by atoms with van der Waals surface area (Å²) >= 11 is 6.19. The molecule has 0 spiro atoms. The Morgan fingerprint density at radius 1 is 1.18 bits per heavy atom. The van der Waals surface area contributed by atoms with Crippen LogP contribution in [-0.2, 0) is 0 Å². The summed E-state index contributed by atoms with van der Waals surface area (Å²) in [5.41, 5.74) is 6.22. The lowest BCUT2D eigenvalue weighted by molar-refractivity contribution is 0.0601. The van der Waals surface area contributed by atoms with Crippen LogP contribution >= 0.6 is 11.6 Å². The topological polar surface area (TPSA) is 72.8 Å². The zero-order valence-electron chi connectivity index (χ0n) is 15.7. The molecule has 1 amide bonds. The van der Waals surface area contributed by atoms with Gasteiger partial charge < -0.3 is 4.90 Å². The quantitative estimate of drug-likeness (QED) is 0.717. The predicted molar refractivity (Wildman–Crippen MR) is 108 cm³/mol. The highest BCUT2D eigenvalue weighted by atomic mass is 35.5. The maximum atomic E-state index is 13.1. The fourth-order valence-corrected chi connectivity index (χ4v) is 3.89. The summed E-state index contributed by atoms with van der Waals surface area (Å²) in [5, 5.41) is 16.1. The second kappa shape index (κ2) is 7.14. The first-order valence-electron chi connectivity index (χ1n) is 9.07. The van der Waals surface area contributed by atoms with E-state index in [-0.39, 0.29) is 5.91 Å². The number of halogens is 1. The summed E-state index contributed by atoms with van der Waals surface area (Å²) in [7, 11) is 0. The first kappa shape index (κ1) is 18.3. The average molecular weight is 391 g/mol. The number of nitrogens with zero attached hydrogens (tertiary/aromatic N) is 3. The summed E-state index contributed by atoms with van der Waals surface area (Å²) in [5.74, 6) is 0.341. The largest absolute Gasteiger partial charge is 0.337 e. The molecule has 3 aromatic rings. The monoisotopic (exact) mass is 390 g/mol. The van der Waals surface area contributed by atoms with Crippen molar-refractivity contribution >= 4 is 17.5 Å². The second-order valence-electron chi connectivity index (χ2n) is 7.22. The number of hydrogen-bond acceptors (Lipinski definition) is 3. The van der Waals surface area contributed by atoms with Gasteiger partial charge in [0.1, 0.15) is 5.15 Å². The molecular formula is C22H19ClN4O. The summed E-state index contributed by atoms with van der Waals surface area (Å²) in [6.45, 7) is 5.32. The third kappa shape index (κ3) is 3.17. The van der Waals surface area contributed by atoms with Crippen LogP contribution < -0.4 is 0 Å². The smallest absolute Gasteiger partial charge is 0.254 e. The summed E-state index contributed by atoms with van der Waals surface area (Å²) in [6.07, 6.45) is 1.68. The van der Waals surface area contributed by atoms with Crippen molar-refractivity contribution in [3.8, 4) is 17.2 Å². The van der Waals surface area contributed by atoms with Gasteiger partial charge in [0.15, 0.2) is 0 Å². The SMILES string of the molecule is Cc1cc(C)c(-c2cn[nH]c2Cl)cc1C(=O)N1CC(c2ccc(C#N)cc2)C1. The minimum Gasteiger partial charge on any atom is -0.337 e. The van der Waals surface area contributed by atoms with Gasteiger partial charge in [-0.1, -0.05) is 29.8 Å². The number of hydrogen-bond donors (Lipinski definition) is 1. The number of carbonyl (C=O) groups excluding carboxylic acids is 1. The van der Waals surface area contributed by atoms with Crippen LogP contribution in [0.25, 0.3) is 11.1 Å². The highest BCUT2D eigenvalue weighted by molar-refractivity contribution is 6.32. The van der Waals surface area contributed by atoms with Gasteiger partial charge >= 0.3 is 0 Å². The van der Waals surface area contributed by atoms with E-state index in [1.54, 1.807) is 6.20 Å². The molecule has 2 heterocycles. The van der Waals surface area contributed by atoms with Crippen molar-refractivity contribution in [2.45, 2.75) is 19.8 Å². The van der Waals surface area contributed by atoms with Gasteiger partial charge in [-0.05, 0) is 54.3 Å². The predicted octanol–water partition coefficient (Wildman–Crippen LogP) is 4.46. The standard InChI is InChI=1S/C22H19ClN4O/c1-13-7-14(2)19(8-18(13)20-10-25-26-21(20)23)22(28)27-11-17(12-27)16-5-3-15(9-24)4-6-16/h3-8,10,17H,11-12H2,1-2H3,(H,25,26). The summed E-state index contributed by atoms with van der Waals surface area (Å²) in [6, 6.07) is 13.7. The first-order valence-corrected chi connectivity index (χ1v) is 9.45. The van der Waals surface area contributed by atoms with Crippen molar-refractivity contribution in [2.75, 3.05) is 13.1 Å². The normalized spacial score (nSPS) is 13.9. The Morgan fingerprint density at radius 3 is 2.50 bits per heavy atom. The first-order chi connectivity index (χ1) is 13.5.